The Kier molecular flexibility index (Phi) is 3.28. The van der Waals surface area contributed by atoms with Gasteiger partial charge >= 0.3 is 0 Å². The summed E-state index contributed by atoms with van der Waals surface area (Å²) in [5, 5.41) is 0.728. The van der Waals surface area contributed by atoms with Crippen LogP contribution in [-0.2, 0) is 6.42 Å². The van der Waals surface area contributed by atoms with Crippen LogP contribution >= 0.6 is 11.6 Å². The summed E-state index contributed by atoms with van der Waals surface area (Å²) in [6.07, 6.45) is 5.26. The van der Waals surface area contributed by atoms with E-state index in [9.17, 15) is 0 Å². The summed E-state index contributed by atoms with van der Waals surface area (Å²) in [6, 6.07) is 1.94. The van der Waals surface area contributed by atoms with E-state index >= 15 is 0 Å². The molecule has 0 bridgehead atoms. The Hall–Kier alpha value is -0.600. The Bertz CT molecular complexity index is 278. The average Bonchev–Trinajstić information content (AvgIpc) is 2.01. The maximum Gasteiger partial charge on any atom is 0.0621 e. The Labute approximate surface area is 84.1 Å². The van der Waals surface area contributed by atoms with E-state index in [1.54, 1.807) is 12.4 Å². The van der Waals surface area contributed by atoms with Crippen molar-refractivity contribution in [2.75, 3.05) is 0 Å². The number of hydrogen-bond acceptors (Lipinski definition) is 2. The highest BCUT2D eigenvalue weighted by atomic mass is 35.5. The quantitative estimate of drug-likeness (QED) is 0.810. The van der Waals surface area contributed by atoms with Gasteiger partial charge in [0.15, 0.2) is 0 Å². The average molecular weight is 199 g/mol. The molecule has 1 heterocycles. The molecule has 1 aromatic heterocycles. The molecule has 1 rings (SSSR count). The lowest BCUT2D eigenvalue weighted by molar-refractivity contribution is 0.477. The number of aryl methyl sites for hydroxylation is 1. The normalized spacial score (nSPS) is 11.7. The molecule has 72 valence electrons. The van der Waals surface area contributed by atoms with Gasteiger partial charge in [0.2, 0.25) is 0 Å². The molecular formula is C10H15ClN2. The second-order valence-corrected chi connectivity index (χ2v) is 4.36. The maximum absolute atomic E-state index is 5.95. The molecule has 0 fully saturated rings. The number of pyridine rings is 1. The van der Waals surface area contributed by atoms with Crippen LogP contribution in [0.4, 0.5) is 0 Å². The predicted molar refractivity (Wildman–Crippen MR) is 55.8 cm³/mol. The molecule has 0 saturated heterocycles. The molecule has 0 saturated carbocycles. The molecule has 0 unspecified atom stereocenters. The van der Waals surface area contributed by atoms with Crippen LogP contribution < -0.4 is 5.73 Å². The summed E-state index contributed by atoms with van der Waals surface area (Å²) in [4.78, 5) is 3.93. The SMILES string of the molecule is CC(C)(N)CCc1ccncc1Cl. The Balaban J connectivity index is 2.60. The van der Waals surface area contributed by atoms with E-state index < -0.39 is 0 Å². The number of nitrogens with zero attached hydrogens (tertiary/aromatic N) is 1. The van der Waals surface area contributed by atoms with Crippen molar-refractivity contribution in [3.63, 3.8) is 0 Å². The molecule has 2 N–H and O–H groups in total. The minimum Gasteiger partial charge on any atom is -0.326 e. The third-order valence-electron chi connectivity index (χ3n) is 1.90. The largest absolute Gasteiger partial charge is 0.326 e. The van der Waals surface area contributed by atoms with Crippen molar-refractivity contribution in [1.29, 1.82) is 0 Å². The molecule has 0 radical (unpaired) electrons. The molecule has 1 aromatic rings. The van der Waals surface area contributed by atoms with Crippen molar-refractivity contribution < 1.29 is 0 Å². The standard InChI is InChI=1S/C10H15ClN2/c1-10(2,12)5-3-8-4-6-13-7-9(8)11/h4,6-7H,3,5,12H2,1-2H3. The molecule has 13 heavy (non-hydrogen) atoms. The number of hydrogen-bond donors (Lipinski definition) is 1. The second kappa shape index (κ2) is 4.07. The molecule has 0 aliphatic carbocycles. The van der Waals surface area contributed by atoms with Crippen LogP contribution in [0.5, 0.6) is 0 Å². The van der Waals surface area contributed by atoms with Crippen LogP contribution in [0.2, 0.25) is 5.02 Å². The zero-order chi connectivity index (χ0) is 9.90. The second-order valence-electron chi connectivity index (χ2n) is 3.96. The summed E-state index contributed by atoms with van der Waals surface area (Å²) < 4.78 is 0. The van der Waals surface area contributed by atoms with E-state index in [1.165, 1.54) is 0 Å². The molecule has 0 atom stereocenters. The van der Waals surface area contributed by atoms with E-state index in [4.69, 9.17) is 17.3 Å². The lowest BCUT2D eigenvalue weighted by Gasteiger charge is -2.18. The zero-order valence-electron chi connectivity index (χ0n) is 8.05. The first-order valence-electron chi connectivity index (χ1n) is 4.36. The first-order chi connectivity index (χ1) is 5.99. The van der Waals surface area contributed by atoms with Crippen LogP contribution in [0.25, 0.3) is 0 Å². The van der Waals surface area contributed by atoms with Gasteiger partial charge in [-0.1, -0.05) is 11.6 Å². The van der Waals surface area contributed by atoms with Gasteiger partial charge in [0.1, 0.15) is 0 Å². The smallest absolute Gasteiger partial charge is 0.0621 e. The van der Waals surface area contributed by atoms with Crippen molar-refractivity contribution in [2.24, 2.45) is 5.73 Å². The van der Waals surface area contributed by atoms with Crippen LogP contribution in [0, 0.1) is 0 Å². The summed E-state index contributed by atoms with van der Waals surface area (Å²) in [5.41, 5.74) is 6.86. The molecule has 3 heteroatoms. The fourth-order valence-electron chi connectivity index (χ4n) is 1.06. The van der Waals surface area contributed by atoms with Gasteiger partial charge in [-0.3, -0.25) is 4.98 Å². The van der Waals surface area contributed by atoms with Gasteiger partial charge in [0.05, 0.1) is 5.02 Å². The van der Waals surface area contributed by atoms with Gasteiger partial charge in [0.25, 0.3) is 0 Å². The Morgan fingerprint density at radius 2 is 2.23 bits per heavy atom. The zero-order valence-corrected chi connectivity index (χ0v) is 8.80. The first-order valence-corrected chi connectivity index (χ1v) is 4.74. The van der Waals surface area contributed by atoms with Gasteiger partial charge < -0.3 is 5.73 Å². The first kappa shape index (κ1) is 10.5. The van der Waals surface area contributed by atoms with Crippen molar-refractivity contribution >= 4 is 11.6 Å². The molecule has 0 spiro atoms. The molecule has 2 nitrogen and oxygen atoms in total. The van der Waals surface area contributed by atoms with E-state index in [-0.39, 0.29) is 5.54 Å². The molecule has 0 aliphatic heterocycles. The lowest BCUT2D eigenvalue weighted by atomic mass is 9.97. The number of nitrogens with two attached hydrogens (primary N) is 1. The molecule has 0 amide bonds. The lowest BCUT2D eigenvalue weighted by Crippen LogP contribution is -2.32. The topological polar surface area (TPSA) is 38.9 Å². The van der Waals surface area contributed by atoms with Crippen LogP contribution in [0.3, 0.4) is 0 Å². The van der Waals surface area contributed by atoms with Crippen LogP contribution in [-0.4, -0.2) is 10.5 Å². The monoisotopic (exact) mass is 198 g/mol. The van der Waals surface area contributed by atoms with Gasteiger partial charge in [-0.25, -0.2) is 0 Å². The van der Waals surface area contributed by atoms with Gasteiger partial charge in [-0.15, -0.1) is 0 Å². The third kappa shape index (κ3) is 3.75. The van der Waals surface area contributed by atoms with E-state index in [2.05, 4.69) is 4.98 Å². The Morgan fingerprint density at radius 1 is 1.54 bits per heavy atom. The Morgan fingerprint density at radius 3 is 2.77 bits per heavy atom. The summed E-state index contributed by atoms with van der Waals surface area (Å²) in [6.45, 7) is 4.03. The maximum atomic E-state index is 5.95. The van der Waals surface area contributed by atoms with Crippen LogP contribution in [0.1, 0.15) is 25.8 Å². The molecular weight excluding hydrogens is 184 g/mol. The minimum atomic E-state index is -0.132. The van der Waals surface area contributed by atoms with Crippen molar-refractivity contribution in [2.45, 2.75) is 32.2 Å². The fourth-order valence-corrected chi connectivity index (χ4v) is 1.28. The third-order valence-corrected chi connectivity index (χ3v) is 2.24. The molecule has 0 aliphatic rings. The van der Waals surface area contributed by atoms with E-state index in [0.717, 1.165) is 23.4 Å². The summed E-state index contributed by atoms with van der Waals surface area (Å²) in [5.74, 6) is 0. The predicted octanol–water partition coefficient (Wildman–Crippen LogP) is 2.40. The van der Waals surface area contributed by atoms with E-state index in [0.29, 0.717) is 0 Å². The number of rotatable bonds is 3. The number of halogens is 1. The highest BCUT2D eigenvalue weighted by Gasteiger charge is 2.11. The van der Waals surface area contributed by atoms with E-state index in [1.807, 2.05) is 19.9 Å². The number of aromatic nitrogens is 1. The van der Waals surface area contributed by atoms with Crippen molar-refractivity contribution in [3.8, 4) is 0 Å². The van der Waals surface area contributed by atoms with Crippen molar-refractivity contribution in [1.82, 2.24) is 4.98 Å². The summed E-state index contributed by atoms with van der Waals surface area (Å²) >= 11 is 5.95. The molecule has 0 aromatic carbocycles. The summed E-state index contributed by atoms with van der Waals surface area (Å²) in [7, 11) is 0. The van der Waals surface area contributed by atoms with Gasteiger partial charge in [0, 0.05) is 17.9 Å². The van der Waals surface area contributed by atoms with Crippen LogP contribution in [0.15, 0.2) is 18.5 Å². The van der Waals surface area contributed by atoms with Crippen molar-refractivity contribution in [3.05, 3.63) is 29.0 Å². The minimum absolute atomic E-state index is 0.132. The highest BCUT2D eigenvalue weighted by molar-refractivity contribution is 6.31. The highest BCUT2D eigenvalue weighted by Crippen LogP contribution is 2.17. The van der Waals surface area contributed by atoms with Gasteiger partial charge in [-0.05, 0) is 38.3 Å². The fraction of sp³-hybridized carbons (Fsp3) is 0.500. The van der Waals surface area contributed by atoms with Gasteiger partial charge in [-0.2, -0.15) is 0 Å².